The van der Waals surface area contributed by atoms with Gasteiger partial charge in [-0.25, -0.2) is 4.98 Å². The van der Waals surface area contributed by atoms with E-state index >= 15 is 0 Å². The predicted molar refractivity (Wildman–Crippen MR) is 81.9 cm³/mol. The first-order valence-electron chi connectivity index (χ1n) is 7.05. The van der Waals surface area contributed by atoms with E-state index in [4.69, 9.17) is 14.2 Å². The van der Waals surface area contributed by atoms with Gasteiger partial charge in [0.25, 0.3) is 0 Å². The molecular weight excluding hydrogens is 270 g/mol. The molecular formula is C15H21N3O3. The molecule has 2 aromatic rings. The number of benzene rings is 1. The van der Waals surface area contributed by atoms with Crippen molar-refractivity contribution in [2.45, 2.75) is 6.92 Å². The fourth-order valence-electron chi connectivity index (χ4n) is 1.84. The van der Waals surface area contributed by atoms with Crippen LogP contribution in [0.15, 0.2) is 24.3 Å². The van der Waals surface area contributed by atoms with E-state index in [-0.39, 0.29) is 0 Å². The van der Waals surface area contributed by atoms with Crippen molar-refractivity contribution in [2.24, 2.45) is 0 Å². The Morgan fingerprint density at radius 1 is 1.05 bits per heavy atom. The number of hydrogen-bond acceptors (Lipinski definition) is 6. The number of fused-ring (bicyclic) bond motifs is 1. The molecule has 1 N–H and O–H groups in total. The van der Waals surface area contributed by atoms with Crippen LogP contribution in [0.1, 0.15) is 6.92 Å². The second-order valence-corrected chi connectivity index (χ2v) is 4.35. The lowest BCUT2D eigenvalue weighted by Gasteiger charge is -2.10. The summed E-state index contributed by atoms with van der Waals surface area (Å²) in [5.41, 5.74) is 0.860. The van der Waals surface area contributed by atoms with E-state index in [1.54, 1.807) is 7.11 Å². The predicted octanol–water partition coefficient (Wildman–Crippen LogP) is 2.10. The van der Waals surface area contributed by atoms with Gasteiger partial charge in [0.1, 0.15) is 6.61 Å². The number of nitrogens with one attached hydrogen (secondary N) is 1. The summed E-state index contributed by atoms with van der Waals surface area (Å²) in [5, 5.41) is 4.01. The Labute approximate surface area is 124 Å². The van der Waals surface area contributed by atoms with Crippen molar-refractivity contribution in [3.8, 4) is 5.88 Å². The van der Waals surface area contributed by atoms with Crippen LogP contribution in [0.3, 0.4) is 0 Å². The van der Waals surface area contributed by atoms with Crippen LogP contribution >= 0.6 is 0 Å². The highest BCUT2D eigenvalue weighted by molar-refractivity contribution is 5.84. The van der Waals surface area contributed by atoms with Crippen molar-refractivity contribution >= 4 is 16.9 Å². The Kier molecular flexibility index (Phi) is 6.18. The number of aromatic nitrogens is 2. The summed E-state index contributed by atoms with van der Waals surface area (Å²) in [5.74, 6) is 1.15. The number of ether oxygens (including phenoxy) is 3. The second-order valence-electron chi connectivity index (χ2n) is 4.35. The Morgan fingerprint density at radius 3 is 2.67 bits per heavy atom. The molecule has 0 radical (unpaired) electrons. The Balaban J connectivity index is 2.03. The monoisotopic (exact) mass is 291 g/mol. The van der Waals surface area contributed by atoms with E-state index in [1.807, 2.05) is 31.2 Å². The van der Waals surface area contributed by atoms with Crippen LogP contribution in [-0.4, -0.2) is 50.1 Å². The van der Waals surface area contributed by atoms with E-state index in [0.717, 1.165) is 17.4 Å². The van der Waals surface area contributed by atoms with Crippen molar-refractivity contribution in [1.82, 2.24) is 9.97 Å². The van der Waals surface area contributed by atoms with Crippen LogP contribution in [0.25, 0.3) is 10.9 Å². The van der Waals surface area contributed by atoms with E-state index in [1.165, 1.54) is 0 Å². The fourth-order valence-corrected chi connectivity index (χ4v) is 1.84. The van der Waals surface area contributed by atoms with Crippen LogP contribution in [0.2, 0.25) is 0 Å². The van der Waals surface area contributed by atoms with Gasteiger partial charge in [-0.2, -0.15) is 4.98 Å². The van der Waals surface area contributed by atoms with E-state index in [2.05, 4.69) is 15.3 Å². The maximum atomic E-state index is 5.73. The molecule has 0 unspecified atom stereocenters. The number of para-hydroxylation sites is 1. The third kappa shape index (κ3) is 4.54. The Bertz CT molecular complexity index is 563. The molecule has 114 valence electrons. The molecule has 1 aromatic heterocycles. The number of hydrogen-bond donors (Lipinski definition) is 1. The molecule has 0 fully saturated rings. The molecule has 0 spiro atoms. The van der Waals surface area contributed by atoms with Crippen molar-refractivity contribution in [2.75, 3.05) is 45.4 Å². The Hall–Kier alpha value is -1.92. The molecule has 0 saturated heterocycles. The molecule has 21 heavy (non-hydrogen) atoms. The largest absolute Gasteiger partial charge is 0.475 e. The van der Waals surface area contributed by atoms with E-state index in [9.17, 15) is 0 Å². The molecule has 0 saturated carbocycles. The minimum atomic E-state index is 0.441. The first kappa shape index (κ1) is 15.5. The van der Waals surface area contributed by atoms with Crippen LogP contribution in [-0.2, 0) is 9.47 Å². The maximum Gasteiger partial charge on any atom is 0.226 e. The molecule has 0 aliphatic heterocycles. The molecule has 0 atom stereocenters. The van der Waals surface area contributed by atoms with Gasteiger partial charge in [0.15, 0.2) is 0 Å². The van der Waals surface area contributed by atoms with Gasteiger partial charge in [-0.1, -0.05) is 12.1 Å². The molecule has 6 heteroatoms. The number of methoxy groups -OCH3 is 1. The molecule has 1 aromatic carbocycles. The third-order valence-corrected chi connectivity index (χ3v) is 2.80. The lowest BCUT2D eigenvalue weighted by Crippen LogP contribution is -2.11. The Morgan fingerprint density at radius 2 is 1.86 bits per heavy atom. The van der Waals surface area contributed by atoms with Gasteiger partial charge in [0.05, 0.1) is 30.7 Å². The normalized spacial score (nSPS) is 10.8. The van der Waals surface area contributed by atoms with Crippen molar-refractivity contribution in [1.29, 1.82) is 0 Å². The highest BCUT2D eigenvalue weighted by Crippen LogP contribution is 2.23. The van der Waals surface area contributed by atoms with E-state index in [0.29, 0.717) is 38.3 Å². The highest BCUT2D eigenvalue weighted by Gasteiger charge is 2.08. The van der Waals surface area contributed by atoms with Gasteiger partial charge < -0.3 is 19.5 Å². The molecule has 6 nitrogen and oxygen atoms in total. The fraction of sp³-hybridized carbons (Fsp3) is 0.467. The number of nitrogens with zero attached hydrogens (tertiary/aromatic N) is 2. The lowest BCUT2D eigenvalue weighted by atomic mass is 10.2. The topological polar surface area (TPSA) is 65.5 Å². The van der Waals surface area contributed by atoms with Gasteiger partial charge in [-0.3, -0.25) is 0 Å². The zero-order valence-corrected chi connectivity index (χ0v) is 12.5. The van der Waals surface area contributed by atoms with Crippen molar-refractivity contribution in [3.05, 3.63) is 24.3 Å². The zero-order chi connectivity index (χ0) is 14.9. The van der Waals surface area contributed by atoms with Gasteiger partial charge in [0.2, 0.25) is 11.8 Å². The van der Waals surface area contributed by atoms with Gasteiger partial charge in [-0.05, 0) is 19.1 Å². The molecule has 0 bridgehead atoms. The highest BCUT2D eigenvalue weighted by atomic mass is 16.5. The molecule has 0 amide bonds. The van der Waals surface area contributed by atoms with Gasteiger partial charge in [0, 0.05) is 13.7 Å². The van der Waals surface area contributed by atoms with Crippen LogP contribution in [0.5, 0.6) is 5.88 Å². The number of rotatable bonds is 9. The summed E-state index contributed by atoms with van der Waals surface area (Å²) < 4.78 is 16.0. The van der Waals surface area contributed by atoms with Gasteiger partial charge >= 0.3 is 0 Å². The molecule has 0 aliphatic carbocycles. The van der Waals surface area contributed by atoms with Crippen molar-refractivity contribution < 1.29 is 14.2 Å². The average Bonchev–Trinajstić information content (AvgIpc) is 2.51. The molecule has 2 rings (SSSR count). The van der Waals surface area contributed by atoms with Crippen LogP contribution < -0.4 is 10.1 Å². The first-order chi connectivity index (χ1) is 10.3. The number of anilines is 1. The molecule has 0 aliphatic rings. The molecule has 1 heterocycles. The van der Waals surface area contributed by atoms with Gasteiger partial charge in [-0.15, -0.1) is 0 Å². The first-order valence-corrected chi connectivity index (χ1v) is 7.05. The minimum absolute atomic E-state index is 0.441. The summed E-state index contributed by atoms with van der Waals surface area (Å²) >= 11 is 0. The summed E-state index contributed by atoms with van der Waals surface area (Å²) in [7, 11) is 1.65. The average molecular weight is 291 g/mol. The van der Waals surface area contributed by atoms with Crippen LogP contribution in [0, 0.1) is 0 Å². The quantitative estimate of drug-likeness (QED) is 0.714. The zero-order valence-electron chi connectivity index (χ0n) is 12.5. The summed E-state index contributed by atoms with van der Waals surface area (Å²) in [6.45, 7) is 4.85. The standard InChI is InChI=1S/C15H21N3O3/c1-3-16-15-17-13-7-5-4-6-12(13)14(18-15)21-11-10-20-9-8-19-2/h4-7H,3,8-11H2,1-2H3,(H,16,17,18). The minimum Gasteiger partial charge on any atom is -0.475 e. The van der Waals surface area contributed by atoms with Crippen LogP contribution in [0.4, 0.5) is 5.95 Å². The maximum absolute atomic E-state index is 5.73. The SMILES string of the molecule is CCNc1nc(OCCOCCOC)c2ccccc2n1. The summed E-state index contributed by atoms with van der Waals surface area (Å²) in [6, 6.07) is 7.79. The lowest BCUT2D eigenvalue weighted by molar-refractivity contribution is 0.0540. The van der Waals surface area contributed by atoms with Crippen molar-refractivity contribution in [3.63, 3.8) is 0 Å². The summed E-state index contributed by atoms with van der Waals surface area (Å²) in [6.07, 6.45) is 0. The second kappa shape index (κ2) is 8.39. The third-order valence-electron chi connectivity index (χ3n) is 2.80. The smallest absolute Gasteiger partial charge is 0.226 e. The van der Waals surface area contributed by atoms with E-state index < -0.39 is 0 Å². The summed E-state index contributed by atoms with van der Waals surface area (Å²) in [4.78, 5) is 8.84.